The van der Waals surface area contributed by atoms with Crippen molar-refractivity contribution in [3.63, 3.8) is 0 Å². The lowest BCUT2D eigenvalue weighted by atomic mass is 9.91. The zero-order valence-corrected chi connectivity index (χ0v) is 15.7. The molecule has 2 aromatic rings. The summed E-state index contributed by atoms with van der Waals surface area (Å²) < 4.78 is 14.0. The van der Waals surface area contributed by atoms with Gasteiger partial charge < -0.3 is 20.9 Å². The van der Waals surface area contributed by atoms with Gasteiger partial charge in [-0.15, -0.1) is 0 Å². The number of carboxylic acid groups (broad SMARTS) is 2. The number of nitrogens with two attached hydrogens (primary N) is 1. The summed E-state index contributed by atoms with van der Waals surface area (Å²) in [5.41, 5.74) is 3.69. The molecule has 8 nitrogen and oxygen atoms in total. The molecule has 1 aliphatic rings. The summed E-state index contributed by atoms with van der Waals surface area (Å²) in [5.74, 6) is -4.06. The van der Waals surface area contributed by atoms with Crippen LogP contribution < -0.4 is 11.3 Å². The summed E-state index contributed by atoms with van der Waals surface area (Å²) >= 11 is 0. The van der Waals surface area contributed by atoms with E-state index in [1.807, 2.05) is 0 Å². The van der Waals surface area contributed by atoms with E-state index in [0.717, 1.165) is 44.8 Å². The normalized spacial score (nSPS) is 15.1. The predicted molar refractivity (Wildman–Crippen MR) is 105 cm³/mol. The number of rotatable bonds is 5. The highest BCUT2D eigenvalue weighted by molar-refractivity contribution is 6.07. The average molecular weight is 403 g/mol. The summed E-state index contributed by atoms with van der Waals surface area (Å²) in [7, 11) is 0. The van der Waals surface area contributed by atoms with Gasteiger partial charge in [0.25, 0.3) is 5.56 Å². The standard InChI is InChI=1S/C20H22FN3O5/c21-12-5-6-13(11(9-12)10-24-7-3-1-2-4-8-24)14-15(19(26)27)17(22)23-18(25)16(14)20(28)29/h5-6,9H,1-4,7-8,10H2,(H,26,27)(H,28,29)(H3,22,23,25). The van der Waals surface area contributed by atoms with Gasteiger partial charge in [0.15, 0.2) is 0 Å². The molecule has 0 bridgehead atoms. The highest BCUT2D eigenvalue weighted by atomic mass is 19.1. The number of carboxylic acids is 2. The molecule has 5 N–H and O–H groups in total. The molecule has 1 saturated heterocycles. The van der Waals surface area contributed by atoms with Gasteiger partial charge >= 0.3 is 11.9 Å². The van der Waals surface area contributed by atoms with Gasteiger partial charge in [-0.1, -0.05) is 18.9 Å². The quantitative estimate of drug-likeness (QED) is 0.602. The van der Waals surface area contributed by atoms with Gasteiger partial charge in [0.1, 0.15) is 22.8 Å². The van der Waals surface area contributed by atoms with Crippen molar-refractivity contribution in [2.45, 2.75) is 32.2 Å². The highest BCUT2D eigenvalue weighted by Gasteiger charge is 2.28. The lowest BCUT2D eigenvalue weighted by Crippen LogP contribution is -2.26. The van der Waals surface area contributed by atoms with Gasteiger partial charge in [-0.2, -0.15) is 0 Å². The first-order valence-electron chi connectivity index (χ1n) is 9.33. The number of hydrogen-bond acceptors (Lipinski definition) is 5. The Hall–Kier alpha value is -3.20. The number of aromatic nitrogens is 1. The number of carbonyl (C=O) groups is 2. The maximum atomic E-state index is 14.0. The van der Waals surface area contributed by atoms with E-state index >= 15 is 0 Å². The van der Waals surface area contributed by atoms with Crippen molar-refractivity contribution >= 4 is 17.8 Å². The van der Waals surface area contributed by atoms with E-state index in [4.69, 9.17) is 5.73 Å². The Morgan fingerprint density at radius 1 is 1.07 bits per heavy atom. The molecule has 0 spiro atoms. The van der Waals surface area contributed by atoms with Crippen molar-refractivity contribution in [1.82, 2.24) is 9.88 Å². The summed E-state index contributed by atoms with van der Waals surface area (Å²) in [6.45, 7) is 1.90. The monoisotopic (exact) mass is 403 g/mol. The second-order valence-electron chi connectivity index (χ2n) is 7.09. The molecule has 29 heavy (non-hydrogen) atoms. The van der Waals surface area contributed by atoms with Gasteiger partial charge in [-0.25, -0.2) is 14.0 Å². The molecular weight excluding hydrogens is 381 g/mol. The largest absolute Gasteiger partial charge is 0.478 e. The minimum Gasteiger partial charge on any atom is -0.478 e. The van der Waals surface area contributed by atoms with E-state index in [-0.39, 0.29) is 11.1 Å². The molecule has 0 amide bonds. The summed E-state index contributed by atoms with van der Waals surface area (Å²) in [6.07, 6.45) is 4.18. The minimum absolute atomic E-state index is 0.170. The fourth-order valence-electron chi connectivity index (χ4n) is 3.79. The number of nitrogens with one attached hydrogen (secondary N) is 1. The van der Waals surface area contributed by atoms with E-state index in [0.29, 0.717) is 12.1 Å². The van der Waals surface area contributed by atoms with Crippen molar-refractivity contribution < 1.29 is 24.2 Å². The van der Waals surface area contributed by atoms with Gasteiger partial charge in [0.2, 0.25) is 0 Å². The molecule has 1 fully saturated rings. The predicted octanol–water partition coefficient (Wildman–Crippen LogP) is 2.54. The molecule has 154 valence electrons. The van der Waals surface area contributed by atoms with Crippen LogP contribution in [-0.4, -0.2) is 45.1 Å². The third-order valence-electron chi connectivity index (χ3n) is 5.10. The molecule has 0 radical (unpaired) electrons. The number of anilines is 1. The molecule has 2 heterocycles. The number of H-pyrrole nitrogens is 1. The number of benzene rings is 1. The van der Waals surface area contributed by atoms with Gasteiger partial charge in [-0.3, -0.25) is 9.69 Å². The first-order valence-corrected chi connectivity index (χ1v) is 9.33. The van der Waals surface area contributed by atoms with Crippen LogP contribution in [0.3, 0.4) is 0 Å². The number of halogens is 1. The Bertz CT molecular complexity index is 1010. The van der Waals surface area contributed by atoms with E-state index < -0.39 is 40.3 Å². The Kier molecular flexibility index (Phi) is 5.97. The first kappa shape index (κ1) is 20.5. The minimum atomic E-state index is -1.59. The van der Waals surface area contributed by atoms with E-state index in [1.165, 1.54) is 12.1 Å². The lowest BCUT2D eigenvalue weighted by Gasteiger charge is -2.22. The molecule has 1 aromatic carbocycles. The third-order valence-corrected chi connectivity index (χ3v) is 5.10. The first-order chi connectivity index (χ1) is 13.8. The summed E-state index contributed by atoms with van der Waals surface area (Å²) in [6, 6.07) is 3.65. The van der Waals surface area contributed by atoms with Crippen molar-refractivity contribution in [2.24, 2.45) is 0 Å². The van der Waals surface area contributed by atoms with Gasteiger partial charge in [0.05, 0.1) is 0 Å². The van der Waals surface area contributed by atoms with E-state index in [2.05, 4.69) is 9.88 Å². The van der Waals surface area contributed by atoms with E-state index in [1.54, 1.807) is 0 Å². The molecule has 1 aromatic heterocycles. The van der Waals surface area contributed by atoms with Crippen LogP contribution in [0.4, 0.5) is 10.2 Å². The maximum absolute atomic E-state index is 14.0. The van der Waals surface area contributed by atoms with Crippen LogP contribution in [0.15, 0.2) is 23.0 Å². The van der Waals surface area contributed by atoms with Crippen LogP contribution in [0.1, 0.15) is 52.0 Å². The van der Waals surface area contributed by atoms with Crippen LogP contribution in [0.2, 0.25) is 0 Å². The molecule has 0 atom stereocenters. The van der Waals surface area contributed by atoms with Crippen LogP contribution in [0.5, 0.6) is 0 Å². The zero-order valence-electron chi connectivity index (χ0n) is 15.7. The molecule has 1 aliphatic heterocycles. The van der Waals surface area contributed by atoms with Crippen molar-refractivity contribution in [2.75, 3.05) is 18.8 Å². The fraction of sp³-hybridized carbons (Fsp3) is 0.350. The smallest absolute Gasteiger partial charge is 0.342 e. The maximum Gasteiger partial charge on any atom is 0.342 e. The number of nitrogens with zero attached hydrogens (tertiary/aromatic N) is 1. The molecule has 0 aliphatic carbocycles. The number of aromatic amines is 1. The van der Waals surface area contributed by atoms with Crippen LogP contribution in [0, 0.1) is 5.82 Å². The van der Waals surface area contributed by atoms with Crippen LogP contribution >= 0.6 is 0 Å². The molecule has 3 rings (SSSR count). The Morgan fingerprint density at radius 2 is 1.69 bits per heavy atom. The number of aromatic carboxylic acids is 2. The highest BCUT2D eigenvalue weighted by Crippen LogP contribution is 2.33. The van der Waals surface area contributed by atoms with Gasteiger partial charge in [-0.05, 0) is 49.2 Å². The third kappa shape index (κ3) is 4.29. The van der Waals surface area contributed by atoms with Crippen molar-refractivity contribution in [3.05, 3.63) is 51.1 Å². The topological polar surface area (TPSA) is 137 Å². The lowest BCUT2D eigenvalue weighted by molar-refractivity contribution is 0.0695. The molecule has 0 saturated carbocycles. The van der Waals surface area contributed by atoms with E-state index in [9.17, 15) is 29.0 Å². The van der Waals surface area contributed by atoms with Crippen molar-refractivity contribution in [1.29, 1.82) is 0 Å². The summed E-state index contributed by atoms with van der Waals surface area (Å²) in [5, 5.41) is 19.2. The second kappa shape index (κ2) is 8.44. The number of likely N-dealkylation sites (tertiary alicyclic amines) is 1. The fourth-order valence-corrected chi connectivity index (χ4v) is 3.79. The Balaban J connectivity index is 2.24. The molecule has 9 heteroatoms. The molecule has 0 unspecified atom stereocenters. The van der Waals surface area contributed by atoms with Crippen LogP contribution in [0.25, 0.3) is 11.1 Å². The molecular formula is C20H22FN3O5. The average Bonchev–Trinajstić information content (AvgIpc) is 2.89. The number of pyridine rings is 1. The second-order valence-corrected chi connectivity index (χ2v) is 7.09. The number of nitrogen functional groups attached to an aromatic ring is 1. The van der Waals surface area contributed by atoms with Crippen molar-refractivity contribution in [3.8, 4) is 11.1 Å². The Labute approximate surface area is 165 Å². The van der Waals surface area contributed by atoms with Gasteiger partial charge in [0, 0.05) is 12.1 Å². The Morgan fingerprint density at radius 3 is 2.28 bits per heavy atom. The summed E-state index contributed by atoms with van der Waals surface area (Å²) in [4.78, 5) is 40.1. The zero-order chi connectivity index (χ0) is 21.1. The van der Waals surface area contributed by atoms with Crippen LogP contribution in [-0.2, 0) is 6.54 Å². The number of hydrogen-bond donors (Lipinski definition) is 4. The SMILES string of the molecule is Nc1[nH]c(=O)c(C(=O)O)c(-c2ccc(F)cc2CN2CCCCCC2)c1C(=O)O.